The lowest BCUT2D eigenvalue weighted by Gasteiger charge is -2.10. The van der Waals surface area contributed by atoms with E-state index in [0.717, 1.165) is 17.9 Å². The lowest BCUT2D eigenvalue weighted by Crippen LogP contribution is -2.16. The summed E-state index contributed by atoms with van der Waals surface area (Å²) in [5.74, 6) is 0.201. The van der Waals surface area contributed by atoms with Crippen molar-refractivity contribution in [1.29, 1.82) is 0 Å². The van der Waals surface area contributed by atoms with E-state index < -0.39 is 5.97 Å². The summed E-state index contributed by atoms with van der Waals surface area (Å²) in [6, 6.07) is 13.8. The van der Waals surface area contributed by atoms with Crippen molar-refractivity contribution in [2.45, 2.75) is 32.2 Å². The van der Waals surface area contributed by atoms with Crippen LogP contribution in [0.2, 0.25) is 0 Å². The molecule has 8 nitrogen and oxygen atoms in total. The Kier molecular flexibility index (Phi) is 7.45. The molecule has 0 radical (unpaired) electrons. The molecule has 2 heterocycles. The van der Waals surface area contributed by atoms with Crippen LogP contribution in [-0.4, -0.2) is 41.4 Å². The number of nitrogens with one attached hydrogen (secondary N) is 1. The summed E-state index contributed by atoms with van der Waals surface area (Å²) in [5.41, 5.74) is 3.30. The molecular formula is C26H26N2O6S. The smallest absolute Gasteiger partial charge is 0.339 e. The van der Waals surface area contributed by atoms with Crippen molar-refractivity contribution in [3.8, 4) is 11.5 Å². The molecule has 0 aliphatic carbocycles. The SMILES string of the molecule is CCn1c(C)cc(C(=O)COC(=O)c2ccccc2SCC(=O)Nc2ccc3c(c2)OCO3)c1C. The second kappa shape index (κ2) is 10.7. The van der Waals surface area contributed by atoms with Gasteiger partial charge in [0.15, 0.2) is 18.1 Å². The molecule has 9 heteroatoms. The number of nitrogens with zero attached hydrogens (tertiary/aromatic N) is 1. The van der Waals surface area contributed by atoms with E-state index >= 15 is 0 Å². The number of aryl methyl sites for hydroxylation is 1. The van der Waals surface area contributed by atoms with Gasteiger partial charge in [0.25, 0.3) is 0 Å². The minimum absolute atomic E-state index is 0.0840. The van der Waals surface area contributed by atoms with E-state index in [1.807, 2.05) is 31.4 Å². The van der Waals surface area contributed by atoms with Gasteiger partial charge in [-0.05, 0) is 51.1 Å². The van der Waals surface area contributed by atoms with E-state index in [4.69, 9.17) is 14.2 Å². The predicted octanol–water partition coefficient (Wildman–Crippen LogP) is 4.62. The molecule has 1 amide bonds. The van der Waals surface area contributed by atoms with Crippen LogP contribution in [0.25, 0.3) is 0 Å². The zero-order chi connectivity index (χ0) is 24.9. The van der Waals surface area contributed by atoms with Crippen LogP contribution >= 0.6 is 11.8 Å². The largest absolute Gasteiger partial charge is 0.454 e. The molecule has 1 N–H and O–H groups in total. The first-order valence-electron chi connectivity index (χ1n) is 11.2. The van der Waals surface area contributed by atoms with Gasteiger partial charge in [0.1, 0.15) is 0 Å². The number of anilines is 1. The summed E-state index contributed by atoms with van der Waals surface area (Å²) in [6.45, 7) is 6.40. The van der Waals surface area contributed by atoms with Crippen molar-refractivity contribution in [2.75, 3.05) is 24.5 Å². The molecule has 182 valence electrons. The monoisotopic (exact) mass is 494 g/mol. The topological polar surface area (TPSA) is 95.9 Å². The Morgan fingerprint density at radius 1 is 1.03 bits per heavy atom. The van der Waals surface area contributed by atoms with Gasteiger partial charge >= 0.3 is 5.97 Å². The van der Waals surface area contributed by atoms with E-state index in [2.05, 4.69) is 5.32 Å². The number of hydrogen-bond donors (Lipinski definition) is 1. The molecule has 35 heavy (non-hydrogen) atoms. The first kappa shape index (κ1) is 24.4. The quantitative estimate of drug-likeness (QED) is 0.263. The molecule has 0 saturated carbocycles. The number of esters is 1. The third-order valence-electron chi connectivity index (χ3n) is 5.65. The van der Waals surface area contributed by atoms with Gasteiger partial charge in [0.05, 0.1) is 11.3 Å². The predicted molar refractivity (Wildman–Crippen MR) is 133 cm³/mol. The van der Waals surface area contributed by atoms with Gasteiger partial charge in [-0.25, -0.2) is 4.79 Å². The van der Waals surface area contributed by atoms with Crippen LogP contribution < -0.4 is 14.8 Å². The molecule has 0 bridgehead atoms. The maximum atomic E-state index is 12.7. The highest BCUT2D eigenvalue weighted by atomic mass is 32.2. The fourth-order valence-electron chi connectivity index (χ4n) is 3.93. The van der Waals surface area contributed by atoms with Gasteiger partial charge in [-0.15, -0.1) is 11.8 Å². The maximum absolute atomic E-state index is 12.7. The number of carbonyl (C=O) groups is 3. The van der Waals surface area contributed by atoms with Crippen LogP contribution in [0.1, 0.15) is 39.0 Å². The van der Waals surface area contributed by atoms with E-state index in [9.17, 15) is 14.4 Å². The van der Waals surface area contributed by atoms with Gasteiger partial charge in [-0.1, -0.05) is 12.1 Å². The van der Waals surface area contributed by atoms with Gasteiger partial charge in [-0.3, -0.25) is 9.59 Å². The van der Waals surface area contributed by atoms with E-state index in [1.54, 1.807) is 42.5 Å². The number of ether oxygens (including phenoxy) is 3. The molecule has 0 atom stereocenters. The molecule has 0 unspecified atom stereocenters. The minimum Gasteiger partial charge on any atom is -0.454 e. The highest BCUT2D eigenvalue weighted by Crippen LogP contribution is 2.34. The Balaban J connectivity index is 1.34. The summed E-state index contributed by atoms with van der Waals surface area (Å²) >= 11 is 1.21. The minimum atomic E-state index is -0.609. The third-order valence-corrected chi connectivity index (χ3v) is 6.72. The zero-order valence-corrected chi connectivity index (χ0v) is 20.6. The van der Waals surface area contributed by atoms with Crippen molar-refractivity contribution in [1.82, 2.24) is 4.57 Å². The average molecular weight is 495 g/mol. The molecule has 1 aliphatic heterocycles. The molecule has 1 aromatic heterocycles. The number of fused-ring (bicyclic) bond motifs is 1. The van der Waals surface area contributed by atoms with E-state index in [-0.39, 0.29) is 30.8 Å². The highest BCUT2D eigenvalue weighted by molar-refractivity contribution is 8.00. The molecule has 0 fully saturated rings. The fourth-order valence-corrected chi connectivity index (χ4v) is 4.77. The third kappa shape index (κ3) is 5.51. The standard InChI is InChI=1S/C26H26N2O6S/c1-4-28-16(2)11-20(17(28)3)21(29)13-32-26(31)19-7-5-6-8-24(19)35-14-25(30)27-18-9-10-22-23(12-18)34-15-33-22/h5-12H,4,13-15H2,1-3H3,(H,27,30). The normalized spacial score (nSPS) is 11.9. The van der Waals surface area contributed by atoms with Crippen molar-refractivity contribution in [3.05, 3.63) is 71.0 Å². The van der Waals surface area contributed by atoms with Crippen LogP contribution in [0.15, 0.2) is 53.4 Å². The number of rotatable bonds is 9. The van der Waals surface area contributed by atoms with Crippen molar-refractivity contribution in [3.63, 3.8) is 0 Å². The fraction of sp³-hybridized carbons (Fsp3) is 0.269. The molecule has 2 aromatic carbocycles. The molecule has 0 spiro atoms. The number of thioether (sulfide) groups is 1. The number of aromatic nitrogens is 1. The van der Waals surface area contributed by atoms with Gasteiger partial charge < -0.3 is 24.1 Å². The van der Waals surface area contributed by atoms with E-state index in [0.29, 0.717) is 33.2 Å². The zero-order valence-electron chi connectivity index (χ0n) is 19.8. The first-order valence-corrected chi connectivity index (χ1v) is 12.1. The van der Waals surface area contributed by atoms with E-state index in [1.165, 1.54) is 11.8 Å². The molecule has 4 rings (SSSR count). The summed E-state index contributed by atoms with van der Waals surface area (Å²) in [4.78, 5) is 38.5. The van der Waals surface area contributed by atoms with Crippen LogP contribution in [0.3, 0.4) is 0 Å². The molecule has 3 aromatic rings. The lowest BCUT2D eigenvalue weighted by molar-refractivity contribution is -0.113. The van der Waals surface area contributed by atoms with Gasteiger partial charge in [-0.2, -0.15) is 0 Å². The lowest BCUT2D eigenvalue weighted by atomic mass is 10.1. The number of carbonyl (C=O) groups excluding carboxylic acids is 3. The van der Waals surface area contributed by atoms with Crippen LogP contribution in [0.5, 0.6) is 11.5 Å². The number of Topliss-reactive ketones (excluding diaryl/α,β-unsaturated/α-hetero) is 1. The van der Waals surface area contributed by atoms with Crippen LogP contribution in [0, 0.1) is 13.8 Å². The van der Waals surface area contributed by atoms with Crippen molar-refractivity contribution in [2.24, 2.45) is 0 Å². The average Bonchev–Trinajstić information content (AvgIpc) is 3.44. The maximum Gasteiger partial charge on any atom is 0.339 e. The Labute approximate surface area is 207 Å². The number of benzene rings is 2. The van der Waals surface area contributed by atoms with Gasteiger partial charge in [0.2, 0.25) is 18.5 Å². The Morgan fingerprint density at radius 2 is 1.80 bits per heavy atom. The summed E-state index contributed by atoms with van der Waals surface area (Å²) in [6.07, 6.45) is 0. The molecule has 1 aliphatic rings. The first-order chi connectivity index (χ1) is 16.9. The van der Waals surface area contributed by atoms with Crippen molar-refractivity contribution < 1.29 is 28.6 Å². The Morgan fingerprint density at radius 3 is 2.57 bits per heavy atom. The molecular weight excluding hydrogens is 468 g/mol. The second-order valence-electron chi connectivity index (χ2n) is 7.93. The van der Waals surface area contributed by atoms with Crippen LogP contribution in [0.4, 0.5) is 5.69 Å². The second-order valence-corrected chi connectivity index (χ2v) is 8.95. The Bertz CT molecular complexity index is 1280. The Hall–Kier alpha value is -3.72. The van der Waals surface area contributed by atoms with Gasteiger partial charge in [0, 0.05) is 40.1 Å². The number of ketones is 1. The summed E-state index contributed by atoms with van der Waals surface area (Å²) < 4.78 is 18.0. The number of amides is 1. The molecule has 0 saturated heterocycles. The summed E-state index contributed by atoms with van der Waals surface area (Å²) in [7, 11) is 0. The van der Waals surface area contributed by atoms with Crippen molar-refractivity contribution >= 4 is 35.1 Å². The number of hydrogen-bond acceptors (Lipinski definition) is 7. The summed E-state index contributed by atoms with van der Waals surface area (Å²) in [5, 5.41) is 2.81. The highest BCUT2D eigenvalue weighted by Gasteiger charge is 2.20. The van der Waals surface area contributed by atoms with Crippen LogP contribution in [-0.2, 0) is 16.1 Å².